The summed E-state index contributed by atoms with van der Waals surface area (Å²) in [6.45, 7) is 2.70. The van der Waals surface area contributed by atoms with Crippen molar-refractivity contribution in [3.05, 3.63) is 67.0 Å². The average Bonchev–Trinajstić information content (AvgIpc) is 3.51. The zero-order valence-electron chi connectivity index (χ0n) is 18.2. The van der Waals surface area contributed by atoms with Gasteiger partial charge in [-0.25, -0.2) is 0 Å². The van der Waals surface area contributed by atoms with Crippen LogP contribution in [0.2, 0.25) is 0 Å². The molecule has 5 rings (SSSR count). The fourth-order valence-corrected chi connectivity index (χ4v) is 6.15. The number of imide groups is 1. The minimum Gasteiger partial charge on any atom is -0.490 e. The van der Waals surface area contributed by atoms with Crippen LogP contribution in [-0.2, 0) is 16.2 Å². The van der Waals surface area contributed by atoms with Crippen LogP contribution in [0.3, 0.4) is 0 Å². The molecule has 2 aliphatic carbocycles. The van der Waals surface area contributed by atoms with E-state index in [0.717, 1.165) is 21.5 Å². The fourth-order valence-electron chi connectivity index (χ4n) is 4.95. The van der Waals surface area contributed by atoms with E-state index in [2.05, 4.69) is 65.0 Å². The minimum absolute atomic E-state index is 0.152. The molecule has 0 unspecified atom stereocenters. The second kappa shape index (κ2) is 9.59. The number of carbonyl (C=O) groups is 2. The third kappa shape index (κ3) is 4.16. The molecular weight excluding hydrogens is 632 g/mol. The van der Waals surface area contributed by atoms with E-state index in [1.54, 1.807) is 6.07 Å². The minimum atomic E-state index is -0.275. The maximum atomic E-state index is 12.9. The summed E-state index contributed by atoms with van der Waals surface area (Å²) in [4.78, 5) is 25.8. The summed E-state index contributed by atoms with van der Waals surface area (Å²) in [5.41, 5.74) is 1.67. The van der Waals surface area contributed by atoms with Crippen molar-refractivity contribution in [2.45, 2.75) is 20.0 Å². The van der Waals surface area contributed by atoms with Crippen molar-refractivity contribution in [3.63, 3.8) is 0 Å². The van der Waals surface area contributed by atoms with E-state index in [-0.39, 0.29) is 35.5 Å². The molecule has 2 aromatic carbocycles. The summed E-state index contributed by atoms with van der Waals surface area (Å²) in [5.74, 6) is 0.425. The van der Waals surface area contributed by atoms with E-state index < -0.39 is 0 Å². The largest absolute Gasteiger partial charge is 0.490 e. The number of carbonyl (C=O) groups excluding carboxylic acids is 2. The second-order valence-electron chi connectivity index (χ2n) is 8.50. The Balaban J connectivity index is 1.39. The first-order valence-corrected chi connectivity index (χ1v) is 13.4. The normalized spacial score (nSPS) is 25.0. The highest BCUT2D eigenvalue weighted by molar-refractivity contribution is 9.13. The number of hydrogen-bond donors (Lipinski definition) is 0. The van der Waals surface area contributed by atoms with Crippen LogP contribution in [0.25, 0.3) is 0 Å². The van der Waals surface area contributed by atoms with Crippen LogP contribution in [0.4, 0.5) is 0 Å². The SMILES string of the molecule is CCOc1cc(C=NN2C(=O)[C@@H]3[C@H](C2=O)[C@H]2C=C[C@H]3C2)c(Br)c(Br)c1OCc1ccc(Br)cc1. The lowest BCUT2D eigenvalue weighted by Gasteiger charge is -2.17. The molecule has 0 spiro atoms. The summed E-state index contributed by atoms with van der Waals surface area (Å²) in [6, 6.07) is 9.67. The molecule has 2 fully saturated rings. The summed E-state index contributed by atoms with van der Waals surface area (Å²) in [6.07, 6.45) is 6.54. The fraction of sp³-hybridized carbons (Fsp3) is 0.320. The highest BCUT2D eigenvalue weighted by Crippen LogP contribution is 2.52. The van der Waals surface area contributed by atoms with Crippen molar-refractivity contribution < 1.29 is 19.1 Å². The van der Waals surface area contributed by atoms with Gasteiger partial charge in [0.05, 0.1) is 29.1 Å². The monoisotopic (exact) mass is 650 g/mol. The number of nitrogens with zero attached hydrogens (tertiary/aromatic N) is 2. The van der Waals surface area contributed by atoms with E-state index in [1.807, 2.05) is 31.2 Å². The molecule has 2 bridgehead atoms. The van der Waals surface area contributed by atoms with Gasteiger partial charge in [-0.05, 0) is 80.8 Å². The molecule has 2 aromatic rings. The van der Waals surface area contributed by atoms with Crippen molar-refractivity contribution in [2.24, 2.45) is 28.8 Å². The van der Waals surface area contributed by atoms with E-state index in [0.29, 0.717) is 39.2 Å². The lowest BCUT2D eigenvalue weighted by Crippen LogP contribution is -2.28. The number of rotatable bonds is 7. The molecule has 0 radical (unpaired) electrons. The van der Waals surface area contributed by atoms with E-state index in [4.69, 9.17) is 9.47 Å². The number of hydrogen-bond acceptors (Lipinski definition) is 5. The van der Waals surface area contributed by atoms with E-state index in [1.165, 1.54) is 6.21 Å². The van der Waals surface area contributed by atoms with Gasteiger partial charge in [0.15, 0.2) is 11.5 Å². The first-order chi connectivity index (χ1) is 16.4. The van der Waals surface area contributed by atoms with Crippen molar-refractivity contribution in [1.82, 2.24) is 5.01 Å². The molecule has 1 aliphatic heterocycles. The van der Waals surface area contributed by atoms with E-state index in [9.17, 15) is 9.59 Å². The Morgan fingerprint density at radius 2 is 1.65 bits per heavy atom. The van der Waals surface area contributed by atoms with Gasteiger partial charge in [-0.1, -0.05) is 40.2 Å². The van der Waals surface area contributed by atoms with Crippen LogP contribution in [0.1, 0.15) is 24.5 Å². The van der Waals surface area contributed by atoms with Crippen LogP contribution in [0.5, 0.6) is 11.5 Å². The molecule has 1 heterocycles. The van der Waals surface area contributed by atoms with Crippen LogP contribution in [-0.4, -0.2) is 29.6 Å². The highest BCUT2D eigenvalue weighted by Gasteiger charge is 2.59. The van der Waals surface area contributed by atoms with Crippen molar-refractivity contribution in [1.29, 1.82) is 0 Å². The van der Waals surface area contributed by atoms with Gasteiger partial charge in [0, 0.05) is 14.5 Å². The Kier molecular flexibility index (Phi) is 6.70. The van der Waals surface area contributed by atoms with Crippen LogP contribution < -0.4 is 9.47 Å². The smallest absolute Gasteiger partial charge is 0.254 e. The molecule has 9 heteroatoms. The Bertz CT molecular complexity index is 1180. The predicted octanol–water partition coefficient (Wildman–Crippen LogP) is 6.09. The predicted molar refractivity (Wildman–Crippen MR) is 139 cm³/mol. The van der Waals surface area contributed by atoms with Crippen LogP contribution in [0.15, 0.2) is 61.0 Å². The molecular formula is C25H21Br3N2O4. The lowest BCUT2D eigenvalue weighted by molar-refractivity contribution is -0.140. The Hall–Kier alpha value is -1.97. The third-order valence-corrected chi connectivity index (χ3v) is 9.18. The number of ether oxygens (including phenoxy) is 2. The Morgan fingerprint density at radius 3 is 2.26 bits per heavy atom. The van der Waals surface area contributed by atoms with Gasteiger partial charge >= 0.3 is 0 Å². The molecule has 0 aromatic heterocycles. The van der Waals surface area contributed by atoms with E-state index >= 15 is 0 Å². The molecule has 0 N–H and O–H groups in total. The zero-order chi connectivity index (χ0) is 24.0. The van der Waals surface area contributed by atoms with Gasteiger partial charge in [-0.3, -0.25) is 9.59 Å². The molecule has 1 saturated carbocycles. The van der Waals surface area contributed by atoms with Crippen molar-refractivity contribution in [2.75, 3.05) is 6.61 Å². The maximum Gasteiger partial charge on any atom is 0.254 e. The Labute approximate surface area is 222 Å². The van der Waals surface area contributed by atoms with Crippen LogP contribution in [0, 0.1) is 23.7 Å². The van der Waals surface area contributed by atoms with Gasteiger partial charge in [0.25, 0.3) is 11.8 Å². The summed E-state index contributed by atoms with van der Waals surface area (Å²) in [7, 11) is 0. The number of halogens is 3. The third-order valence-electron chi connectivity index (χ3n) is 6.51. The highest BCUT2D eigenvalue weighted by atomic mass is 79.9. The summed E-state index contributed by atoms with van der Waals surface area (Å²) < 4.78 is 14.3. The topological polar surface area (TPSA) is 68.2 Å². The average molecular weight is 653 g/mol. The number of benzene rings is 2. The molecule has 176 valence electrons. The molecule has 4 atom stereocenters. The zero-order valence-corrected chi connectivity index (χ0v) is 23.0. The number of amides is 2. The number of fused-ring (bicyclic) bond motifs is 5. The Morgan fingerprint density at radius 1 is 1.00 bits per heavy atom. The van der Waals surface area contributed by atoms with Gasteiger partial charge in [-0.2, -0.15) is 10.1 Å². The standard InChI is InChI=1S/C25H21Br3N2O4/c1-2-33-18-10-16(21(27)22(28)23(18)34-12-13-3-7-17(26)8-4-13)11-29-30-24(31)19-14-5-6-15(9-14)20(19)25(30)32/h3-8,10-11,14-15,19-20H,2,9,12H2,1H3/t14-,15-,19-,20+/m0/s1. The first-order valence-electron chi connectivity index (χ1n) is 11.0. The number of hydrazone groups is 1. The quantitative estimate of drug-likeness (QED) is 0.206. The summed E-state index contributed by atoms with van der Waals surface area (Å²) in [5, 5.41) is 5.34. The van der Waals surface area contributed by atoms with Gasteiger partial charge in [-0.15, -0.1) is 0 Å². The van der Waals surface area contributed by atoms with Gasteiger partial charge in [0.1, 0.15) is 6.61 Å². The molecule has 3 aliphatic rings. The van der Waals surface area contributed by atoms with Gasteiger partial charge in [0.2, 0.25) is 0 Å². The van der Waals surface area contributed by atoms with Crippen LogP contribution >= 0.6 is 47.8 Å². The molecule has 34 heavy (non-hydrogen) atoms. The summed E-state index contributed by atoms with van der Waals surface area (Å²) >= 11 is 10.6. The lowest BCUT2D eigenvalue weighted by atomic mass is 9.85. The van der Waals surface area contributed by atoms with Crippen molar-refractivity contribution >= 4 is 65.8 Å². The molecule has 1 saturated heterocycles. The second-order valence-corrected chi connectivity index (χ2v) is 11.0. The molecule has 6 nitrogen and oxygen atoms in total. The van der Waals surface area contributed by atoms with Gasteiger partial charge < -0.3 is 9.47 Å². The molecule has 2 amide bonds. The maximum absolute atomic E-state index is 12.9. The van der Waals surface area contributed by atoms with Crippen molar-refractivity contribution in [3.8, 4) is 11.5 Å². The first kappa shape index (κ1) is 23.8. The number of allylic oxidation sites excluding steroid dienone is 2.